The molecule has 7 heteroatoms. The topological polar surface area (TPSA) is 50.2 Å². The van der Waals surface area contributed by atoms with Crippen LogP contribution in [0.15, 0.2) is 30.5 Å². The van der Waals surface area contributed by atoms with Gasteiger partial charge in [-0.1, -0.05) is 6.07 Å². The summed E-state index contributed by atoms with van der Waals surface area (Å²) >= 11 is 0. The van der Waals surface area contributed by atoms with Crippen molar-refractivity contribution in [2.45, 2.75) is 25.4 Å². The summed E-state index contributed by atoms with van der Waals surface area (Å²) < 4.78 is 27.9. The third-order valence-electron chi connectivity index (χ3n) is 4.18. The van der Waals surface area contributed by atoms with Gasteiger partial charge in [0.25, 0.3) is 5.91 Å². The van der Waals surface area contributed by atoms with Crippen LogP contribution in [0.5, 0.6) is 0 Å². The zero-order valence-electron chi connectivity index (χ0n) is 13.5. The fourth-order valence-electron chi connectivity index (χ4n) is 3.01. The molecule has 1 aromatic carbocycles. The molecule has 2 aromatic rings. The molecule has 1 unspecified atom stereocenters. The lowest BCUT2D eigenvalue weighted by Gasteiger charge is -2.33. The number of aryl methyl sites for hydroxylation is 1. The first-order chi connectivity index (χ1) is 11.5. The average molecular weight is 334 g/mol. The number of piperidine rings is 1. The summed E-state index contributed by atoms with van der Waals surface area (Å²) in [5.41, 5.74) is 1.13. The predicted octanol–water partition coefficient (Wildman–Crippen LogP) is 2.09. The number of aromatic nitrogens is 2. The molecular weight excluding hydrogens is 314 g/mol. The standard InChI is InChI=1S/C17H20F2N4O/c1-22-8-6-16(21-22)17(24)20-13-3-2-7-23(11-13)10-12-4-5-14(18)15(19)9-12/h4-6,8-9,13H,2-3,7,10-11H2,1H3,(H,20,24). The number of rotatable bonds is 4. The van der Waals surface area contributed by atoms with E-state index in [1.807, 2.05) is 0 Å². The Kier molecular flexibility index (Phi) is 4.89. The fourth-order valence-corrected chi connectivity index (χ4v) is 3.01. The molecule has 1 saturated heterocycles. The van der Waals surface area contributed by atoms with Gasteiger partial charge >= 0.3 is 0 Å². The number of benzene rings is 1. The van der Waals surface area contributed by atoms with Crippen LogP contribution in [0.3, 0.4) is 0 Å². The van der Waals surface area contributed by atoms with Crippen LogP contribution in [0, 0.1) is 11.6 Å². The Bertz CT molecular complexity index is 731. The molecule has 1 aromatic heterocycles. The van der Waals surface area contributed by atoms with Gasteiger partial charge in [-0.3, -0.25) is 14.4 Å². The number of likely N-dealkylation sites (tertiary alicyclic amines) is 1. The molecule has 1 amide bonds. The third kappa shape index (κ3) is 3.97. The zero-order chi connectivity index (χ0) is 17.1. The molecule has 1 atom stereocenters. The van der Waals surface area contributed by atoms with E-state index < -0.39 is 11.6 Å². The predicted molar refractivity (Wildman–Crippen MR) is 85.3 cm³/mol. The minimum Gasteiger partial charge on any atom is -0.347 e. The van der Waals surface area contributed by atoms with Gasteiger partial charge < -0.3 is 5.32 Å². The molecule has 1 fully saturated rings. The van der Waals surface area contributed by atoms with Gasteiger partial charge in [0.1, 0.15) is 5.69 Å². The first kappa shape index (κ1) is 16.6. The number of carbonyl (C=O) groups is 1. The van der Waals surface area contributed by atoms with E-state index in [-0.39, 0.29) is 11.9 Å². The molecule has 1 aliphatic heterocycles. The Balaban J connectivity index is 1.57. The number of halogens is 2. The molecule has 3 rings (SSSR count). The van der Waals surface area contributed by atoms with E-state index in [0.717, 1.165) is 31.0 Å². The third-order valence-corrected chi connectivity index (χ3v) is 4.18. The highest BCUT2D eigenvalue weighted by Crippen LogP contribution is 2.16. The van der Waals surface area contributed by atoms with Crippen molar-refractivity contribution in [1.29, 1.82) is 0 Å². The second kappa shape index (κ2) is 7.09. The quantitative estimate of drug-likeness (QED) is 0.931. The van der Waals surface area contributed by atoms with Crippen LogP contribution >= 0.6 is 0 Å². The number of amides is 1. The lowest BCUT2D eigenvalue weighted by atomic mass is 10.0. The fraction of sp³-hybridized carbons (Fsp3) is 0.412. The van der Waals surface area contributed by atoms with Crippen LogP contribution in [0.25, 0.3) is 0 Å². The minimum atomic E-state index is -0.835. The van der Waals surface area contributed by atoms with Gasteiger partial charge in [0.05, 0.1) is 0 Å². The van der Waals surface area contributed by atoms with Gasteiger partial charge in [0.2, 0.25) is 0 Å². The van der Waals surface area contributed by atoms with Crippen LogP contribution in [0.2, 0.25) is 0 Å². The lowest BCUT2D eigenvalue weighted by Crippen LogP contribution is -2.47. The normalized spacial score (nSPS) is 18.5. The molecular formula is C17H20F2N4O. The maximum Gasteiger partial charge on any atom is 0.272 e. The summed E-state index contributed by atoms with van der Waals surface area (Å²) in [6.45, 7) is 2.08. The molecule has 128 valence electrons. The van der Waals surface area contributed by atoms with E-state index in [1.54, 1.807) is 30.1 Å². The molecule has 24 heavy (non-hydrogen) atoms. The van der Waals surface area contributed by atoms with Crippen LogP contribution in [-0.4, -0.2) is 39.7 Å². The molecule has 1 N–H and O–H groups in total. The minimum absolute atomic E-state index is 0.0264. The Morgan fingerprint density at radius 2 is 2.17 bits per heavy atom. The van der Waals surface area contributed by atoms with E-state index in [2.05, 4.69) is 15.3 Å². The first-order valence-corrected chi connectivity index (χ1v) is 7.98. The van der Waals surface area contributed by atoms with Crippen molar-refractivity contribution in [3.63, 3.8) is 0 Å². The number of carbonyl (C=O) groups excluding carboxylic acids is 1. The van der Waals surface area contributed by atoms with Crippen molar-refractivity contribution in [2.75, 3.05) is 13.1 Å². The van der Waals surface area contributed by atoms with Crippen LogP contribution < -0.4 is 5.32 Å². The molecule has 5 nitrogen and oxygen atoms in total. The highest BCUT2D eigenvalue weighted by molar-refractivity contribution is 5.92. The summed E-state index contributed by atoms with van der Waals surface area (Å²) in [6.07, 6.45) is 3.56. The Labute approximate surface area is 139 Å². The highest BCUT2D eigenvalue weighted by atomic mass is 19.2. The summed E-state index contributed by atoms with van der Waals surface area (Å²) in [5, 5.41) is 7.09. The van der Waals surface area contributed by atoms with Gasteiger partial charge in [-0.2, -0.15) is 5.10 Å². The van der Waals surface area contributed by atoms with E-state index >= 15 is 0 Å². The largest absolute Gasteiger partial charge is 0.347 e. The molecule has 1 aliphatic rings. The SMILES string of the molecule is Cn1ccc(C(=O)NC2CCCN(Cc3ccc(F)c(F)c3)C2)n1. The van der Waals surface area contributed by atoms with Crippen LogP contribution in [0.1, 0.15) is 28.9 Å². The van der Waals surface area contributed by atoms with Crippen LogP contribution in [0.4, 0.5) is 8.78 Å². The second-order valence-corrected chi connectivity index (χ2v) is 6.17. The van der Waals surface area contributed by atoms with E-state index in [0.29, 0.717) is 18.8 Å². The molecule has 2 heterocycles. The van der Waals surface area contributed by atoms with Crippen molar-refractivity contribution >= 4 is 5.91 Å². The van der Waals surface area contributed by atoms with Crippen molar-refractivity contribution in [3.05, 3.63) is 53.4 Å². The summed E-state index contributed by atoms with van der Waals surface area (Å²) in [6, 6.07) is 5.67. The maximum atomic E-state index is 13.3. The summed E-state index contributed by atoms with van der Waals surface area (Å²) in [5.74, 6) is -1.85. The number of nitrogens with zero attached hydrogens (tertiary/aromatic N) is 3. The zero-order valence-corrected chi connectivity index (χ0v) is 13.5. The van der Waals surface area contributed by atoms with Gasteiger partial charge in [0, 0.05) is 32.4 Å². The molecule has 0 spiro atoms. The number of nitrogens with one attached hydrogen (secondary N) is 1. The van der Waals surface area contributed by atoms with Crippen molar-refractivity contribution in [1.82, 2.24) is 20.0 Å². The van der Waals surface area contributed by atoms with E-state index in [9.17, 15) is 13.6 Å². The van der Waals surface area contributed by atoms with Gasteiger partial charge in [0.15, 0.2) is 11.6 Å². The number of hydrogen-bond acceptors (Lipinski definition) is 3. The highest BCUT2D eigenvalue weighted by Gasteiger charge is 2.22. The van der Waals surface area contributed by atoms with Crippen molar-refractivity contribution < 1.29 is 13.6 Å². The summed E-state index contributed by atoms with van der Waals surface area (Å²) in [7, 11) is 1.76. The monoisotopic (exact) mass is 334 g/mol. The van der Waals surface area contributed by atoms with Crippen molar-refractivity contribution in [2.24, 2.45) is 7.05 Å². The van der Waals surface area contributed by atoms with Gasteiger partial charge in [-0.25, -0.2) is 8.78 Å². The Morgan fingerprint density at radius 3 is 2.88 bits per heavy atom. The average Bonchev–Trinajstić information content (AvgIpc) is 2.98. The number of hydrogen-bond donors (Lipinski definition) is 1. The van der Waals surface area contributed by atoms with E-state index in [4.69, 9.17) is 0 Å². The van der Waals surface area contributed by atoms with Crippen molar-refractivity contribution in [3.8, 4) is 0 Å². The van der Waals surface area contributed by atoms with Gasteiger partial charge in [-0.15, -0.1) is 0 Å². The lowest BCUT2D eigenvalue weighted by molar-refractivity contribution is 0.0895. The Morgan fingerprint density at radius 1 is 1.33 bits per heavy atom. The van der Waals surface area contributed by atoms with E-state index in [1.165, 1.54) is 6.07 Å². The molecule has 0 radical (unpaired) electrons. The smallest absolute Gasteiger partial charge is 0.272 e. The second-order valence-electron chi connectivity index (χ2n) is 6.17. The Hall–Kier alpha value is -2.28. The van der Waals surface area contributed by atoms with Crippen LogP contribution in [-0.2, 0) is 13.6 Å². The molecule has 0 saturated carbocycles. The molecule has 0 bridgehead atoms. The maximum absolute atomic E-state index is 13.3. The van der Waals surface area contributed by atoms with Gasteiger partial charge in [-0.05, 0) is 43.1 Å². The molecule has 0 aliphatic carbocycles. The summed E-state index contributed by atoms with van der Waals surface area (Å²) in [4.78, 5) is 14.3. The first-order valence-electron chi connectivity index (χ1n) is 7.98.